The highest BCUT2D eigenvalue weighted by molar-refractivity contribution is 5.18. The van der Waals surface area contributed by atoms with Gasteiger partial charge in [0.15, 0.2) is 0 Å². The van der Waals surface area contributed by atoms with Crippen molar-refractivity contribution >= 4 is 0 Å². The van der Waals surface area contributed by atoms with Crippen LogP contribution in [0.25, 0.3) is 0 Å². The van der Waals surface area contributed by atoms with Gasteiger partial charge in [-0.15, -0.1) is 0 Å². The lowest BCUT2D eigenvalue weighted by molar-refractivity contribution is -0.139. The van der Waals surface area contributed by atoms with Gasteiger partial charge in [0.05, 0.1) is 6.42 Å². The van der Waals surface area contributed by atoms with E-state index in [1.807, 2.05) is 37.3 Å². The van der Waals surface area contributed by atoms with Gasteiger partial charge in [0.1, 0.15) is 0 Å². The number of benzene rings is 1. The van der Waals surface area contributed by atoms with Gasteiger partial charge in [-0.3, -0.25) is 0 Å². The molecule has 0 heterocycles. The van der Waals surface area contributed by atoms with E-state index in [0.29, 0.717) is 0 Å². The molecule has 0 aliphatic heterocycles. The second-order valence-corrected chi connectivity index (χ2v) is 4.02. The Morgan fingerprint density at radius 2 is 1.69 bits per heavy atom. The quantitative estimate of drug-likeness (QED) is 0.833. The molecule has 0 amide bonds. The molecule has 0 radical (unpaired) electrons. The minimum atomic E-state index is -4.11. The number of halogens is 3. The fourth-order valence-electron chi connectivity index (χ4n) is 1.67. The summed E-state index contributed by atoms with van der Waals surface area (Å²) in [7, 11) is 0. The van der Waals surface area contributed by atoms with Crippen LogP contribution in [-0.4, -0.2) is 12.2 Å². The molecule has 0 saturated carbocycles. The third-order valence-electron chi connectivity index (χ3n) is 2.37. The van der Waals surface area contributed by atoms with E-state index >= 15 is 0 Å². The van der Waals surface area contributed by atoms with Crippen LogP contribution >= 0.6 is 0 Å². The van der Waals surface area contributed by atoms with Crippen LogP contribution in [0, 0.1) is 0 Å². The summed E-state index contributed by atoms with van der Waals surface area (Å²) in [6, 6.07) is 8.80. The number of hydrogen-bond donors (Lipinski definition) is 1. The monoisotopic (exact) mass is 231 g/mol. The van der Waals surface area contributed by atoms with Crippen LogP contribution in [0.5, 0.6) is 0 Å². The standard InChI is InChI=1S/C12H16F3N/c1-9(8-12(13,14)15)16-10(2)11-6-4-3-5-7-11/h3-7,9-10,16H,8H2,1-2H3/t9?,10-/m1/s1. The molecule has 4 heteroatoms. The minimum Gasteiger partial charge on any atom is -0.307 e. The molecule has 90 valence electrons. The van der Waals surface area contributed by atoms with Gasteiger partial charge in [0.2, 0.25) is 0 Å². The summed E-state index contributed by atoms with van der Waals surface area (Å²) in [6.45, 7) is 3.41. The molecule has 0 spiro atoms. The lowest BCUT2D eigenvalue weighted by Crippen LogP contribution is -2.33. The topological polar surface area (TPSA) is 12.0 Å². The molecular formula is C12H16F3N. The first-order valence-corrected chi connectivity index (χ1v) is 5.26. The van der Waals surface area contributed by atoms with Crippen LogP contribution in [0.4, 0.5) is 13.2 Å². The van der Waals surface area contributed by atoms with E-state index in [9.17, 15) is 13.2 Å². The minimum absolute atomic E-state index is 0.0708. The predicted octanol–water partition coefficient (Wildman–Crippen LogP) is 3.68. The summed E-state index contributed by atoms with van der Waals surface area (Å²) in [4.78, 5) is 0. The molecule has 1 aromatic rings. The average molecular weight is 231 g/mol. The summed E-state index contributed by atoms with van der Waals surface area (Å²) in [5.74, 6) is 0. The van der Waals surface area contributed by atoms with E-state index in [1.165, 1.54) is 0 Å². The van der Waals surface area contributed by atoms with Crippen molar-refractivity contribution in [2.75, 3.05) is 0 Å². The Morgan fingerprint density at radius 3 is 2.19 bits per heavy atom. The van der Waals surface area contributed by atoms with Crippen LogP contribution in [-0.2, 0) is 0 Å². The maximum absolute atomic E-state index is 12.1. The summed E-state index contributed by atoms with van der Waals surface area (Å²) in [5.41, 5.74) is 0.997. The molecule has 0 aliphatic carbocycles. The van der Waals surface area contributed by atoms with Gasteiger partial charge in [0, 0.05) is 12.1 Å². The van der Waals surface area contributed by atoms with Crippen LogP contribution in [0.3, 0.4) is 0 Å². The van der Waals surface area contributed by atoms with Gasteiger partial charge >= 0.3 is 6.18 Å². The van der Waals surface area contributed by atoms with E-state index in [0.717, 1.165) is 5.56 Å². The maximum atomic E-state index is 12.1. The zero-order chi connectivity index (χ0) is 12.2. The van der Waals surface area contributed by atoms with Crippen molar-refractivity contribution in [2.45, 2.75) is 38.5 Å². The van der Waals surface area contributed by atoms with Gasteiger partial charge < -0.3 is 5.32 Å². The molecule has 16 heavy (non-hydrogen) atoms. The van der Waals surface area contributed by atoms with Crippen molar-refractivity contribution in [1.82, 2.24) is 5.32 Å². The number of nitrogens with one attached hydrogen (secondary N) is 1. The zero-order valence-electron chi connectivity index (χ0n) is 9.38. The Morgan fingerprint density at radius 1 is 1.12 bits per heavy atom. The fraction of sp³-hybridized carbons (Fsp3) is 0.500. The fourth-order valence-corrected chi connectivity index (χ4v) is 1.67. The Labute approximate surface area is 93.7 Å². The molecule has 0 bridgehead atoms. The molecule has 0 aromatic heterocycles. The van der Waals surface area contributed by atoms with E-state index in [2.05, 4.69) is 5.32 Å². The third-order valence-corrected chi connectivity index (χ3v) is 2.37. The number of alkyl halides is 3. The molecule has 2 atom stereocenters. The van der Waals surface area contributed by atoms with Crippen molar-refractivity contribution < 1.29 is 13.2 Å². The first-order chi connectivity index (χ1) is 7.38. The van der Waals surface area contributed by atoms with Crippen molar-refractivity contribution in [3.05, 3.63) is 35.9 Å². The Hall–Kier alpha value is -1.03. The lowest BCUT2D eigenvalue weighted by Gasteiger charge is -2.21. The third kappa shape index (κ3) is 4.66. The zero-order valence-corrected chi connectivity index (χ0v) is 9.38. The highest BCUT2D eigenvalue weighted by Gasteiger charge is 2.30. The second-order valence-electron chi connectivity index (χ2n) is 4.02. The van der Waals surface area contributed by atoms with Gasteiger partial charge in [-0.05, 0) is 19.4 Å². The van der Waals surface area contributed by atoms with Gasteiger partial charge in [-0.25, -0.2) is 0 Å². The van der Waals surface area contributed by atoms with Crippen molar-refractivity contribution in [3.63, 3.8) is 0 Å². The largest absolute Gasteiger partial charge is 0.390 e. The summed E-state index contributed by atoms with van der Waals surface area (Å²) in [5, 5.41) is 2.93. The summed E-state index contributed by atoms with van der Waals surface area (Å²) >= 11 is 0. The van der Waals surface area contributed by atoms with E-state index in [-0.39, 0.29) is 6.04 Å². The van der Waals surface area contributed by atoms with E-state index in [4.69, 9.17) is 0 Å². The van der Waals surface area contributed by atoms with E-state index < -0.39 is 18.6 Å². The van der Waals surface area contributed by atoms with E-state index in [1.54, 1.807) is 6.92 Å². The van der Waals surface area contributed by atoms with Crippen LogP contribution in [0.15, 0.2) is 30.3 Å². The van der Waals surface area contributed by atoms with Gasteiger partial charge in [-0.2, -0.15) is 13.2 Å². The Balaban J connectivity index is 2.49. The first-order valence-electron chi connectivity index (χ1n) is 5.26. The molecule has 0 aliphatic rings. The van der Waals surface area contributed by atoms with Crippen molar-refractivity contribution in [2.24, 2.45) is 0 Å². The number of rotatable bonds is 4. The second kappa shape index (κ2) is 5.34. The Bertz CT molecular complexity index is 308. The highest BCUT2D eigenvalue weighted by Crippen LogP contribution is 2.22. The van der Waals surface area contributed by atoms with Gasteiger partial charge in [-0.1, -0.05) is 30.3 Å². The van der Waals surface area contributed by atoms with Crippen molar-refractivity contribution in [1.29, 1.82) is 0 Å². The molecule has 1 aromatic carbocycles. The molecule has 1 rings (SSSR count). The average Bonchev–Trinajstić information content (AvgIpc) is 2.16. The molecule has 0 fully saturated rings. The normalized spacial score (nSPS) is 15.8. The van der Waals surface area contributed by atoms with Crippen molar-refractivity contribution in [3.8, 4) is 0 Å². The molecule has 1 nitrogen and oxygen atoms in total. The SMILES string of the molecule is CC(CC(F)(F)F)N[C@H](C)c1ccccc1. The van der Waals surface area contributed by atoms with Gasteiger partial charge in [0.25, 0.3) is 0 Å². The molecule has 1 unspecified atom stereocenters. The van der Waals surface area contributed by atoms with Crippen LogP contribution in [0.2, 0.25) is 0 Å². The molecular weight excluding hydrogens is 215 g/mol. The number of hydrogen-bond acceptors (Lipinski definition) is 1. The lowest BCUT2D eigenvalue weighted by atomic mass is 10.1. The van der Waals surface area contributed by atoms with Crippen LogP contribution in [0.1, 0.15) is 31.9 Å². The molecule has 1 N–H and O–H groups in total. The highest BCUT2D eigenvalue weighted by atomic mass is 19.4. The Kier molecular flexibility index (Phi) is 4.35. The van der Waals surface area contributed by atoms with Crippen LogP contribution < -0.4 is 5.32 Å². The first kappa shape index (κ1) is 13.0. The smallest absolute Gasteiger partial charge is 0.307 e. The predicted molar refractivity (Wildman–Crippen MR) is 58.1 cm³/mol. The maximum Gasteiger partial charge on any atom is 0.390 e. The summed E-state index contributed by atoms with van der Waals surface area (Å²) < 4.78 is 36.4. The summed E-state index contributed by atoms with van der Waals surface area (Å²) in [6.07, 6.45) is -4.91. The molecule has 0 saturated heterocycles.